The summed E-state index contributed by atoms with van der Waals surface area (Å²) in [5.74, 6) is 0.625. The molecule has 2 N–H and O–H groups in total. The third-order valence-corrected chi connectivity index (χ3v) is 3.00. The van der Waals surface area contributed by atoms with Crippen LogP contribution in [0.5, 0.6) is 0 Å². The summed E-state index contributed by atoms with van der Waals surface area (Å²) in [5.41, 5.74) is 8.45. The van der Waals surface area contributed by atoms with Crippen LogP contribution in [0.2, 0.25) is 10.0 Å². The van der Waals surface area contributed by atoms with Crippen LogP contribution >= 0.6 is 23.2 Å². The number of benzene rings is 1. The molecular formula is C14H15Cl2N3. The summed E-state index contributed by atoms with van der Waals surface area (Å²) in [6.07, 6.45) is 0.713. The minimum Gasteiger partial charge on any atom is -0.328 e. The second-order valence-corrected chi connectivity index (χ2v) is 5.54. The summed E-state index contributed by atoms with van der Waals surface area (Å²) in [5, 5.41) is 1.14. The first kappa shape index (κ1) is 14.3. The van der Waals surface area contributed by atoms with Crippen molar-refractivity contribution in [3.8, 4) is 11.4 Å². The molecule has 1 aromatic carbocycles. The van der Waals surface area contributed by atoms with E-state index in [0.717, 1.165) is 17.0 Å². The molecule has 1 atom stereocenters. The topological polar surface area (TPSA) is 51.8 Å². The maximum Gasteiger partial charge on any atom is 0.159 e. The maximum atomic E-state index is 6.00. The van der Waals surface area contributed by atoms with Gasteiger partial charge >= 0.3 is 0 Å². The molecule has 19 heavy (non-hydrogen) atoms. The van der Waals surface area contributed by atoms with E-state index in [-0.39, 0.29) is 6.04 Å². The van der Waals surface area contributed by atoms with Crippen molar-refractivity contribution < 1.29 is 0 Å². The SMILES string of the molecule is Cc1cc(CC(C)N)nc(-c2cc(Cl)cc(Cl)c2)n1. The predicted octanol–water partition coefficient (Wildman–Crippen LogP) is 3.65. The van der Waals surface area contributed by atoms with Crippen LogP contribution in [-0.2, 0) is 6.42 Å². The average Bonchev–Trinajstić information content (AvgIpc) is 2.25. The first-order valence-corrected chi connectivity index (χ1v) is 6.76. The Kier molecular flexibility index (Phi) is 4.40. The average molecular weight is 296 g/mol. The van der Waals surface area contributed by atoms with Gasteiger partial charge in [-0.1, -0.05) is 23.2 Å². The standard InChI is InChI=1S/C14H15Cl2N3/c1-8(17)3-13-4-9(2)18-14(19-13)10-5-11(15)7-12(16)6-10/h4-8H,3,17H2,1-2H3. The molecule has 0 radical (unpaired) electrons. The molecule has 1 aromatic heterocycles. The molecule has 0 saturated heterocycles. The predicted molar refractivity (Wildman–Crippen MR) is 79.6 cm³/mol. The normalized spacial score (nSPS) is 12.5. The Morgan fingerprint density at radius 1 is 1.11 bits per heavy atom. The van der Waals surface area contributed by atoms with Gasteiger partial charge in [-0.05, 0) is 38.1 Å². The largest absolute Gasteiger partial charge is 0.328 e. The van der Waals surface area contributed by atoms with Crippen molar-refractivity contribution in [2.75, 3.05) is 0 Å². The number of hydrogen-bond acceptors (Lipinski definition) is 3. The van der Waals surface area contributed by atoms with Crippen molar-refractivity contribution in [2.45, 2.75) is 26.3 Å². The quantitative estimate of drug-likeness (QED) is 0.940. The van der Waals surface area contributed by atoms with Gasteiger partial charge in [0.1, 0.15) is 0 Å². The first-order chi connectivity index (χ1) is 8.94. The molecule has 0 amide bonds. The van der Waals surface area contributed by atoms with Gasteiger partial charge in [-0.3, -0.25) is 0 Å². The highest BCUT2D eigenvalue weighted by Crippen LogP contribution is 2.25. The summed E-state index contributed by atoms with van der Waals surface area (Å²) in [6.45, 7) is 3.88. The van der Waals surface area contributed by atoms with Crippen molar-refractivity contribution in [1.29, 1.82) is 0 Å². The van der Waals surface area contributed by atoms with Gasteiger partial charge in [0.05, 0.1) is 0 Å². The smallest absolute Gasteiger partial charge is 0.159 e. The van der Waals surface area contributed by atoms with Gasteiger partial charge in [-0.25, -0.2) is 9.97 Å². The van der Waals surface area contributed by atoms with Crippen LogP contribution in [0, 0.1) is 6.92 Å². The van der Waals surface area contributed by atoms with Gasteiger partial charge in [-0.15, -0.1) is 0 Å². The lowest BCUT2D eigenvalue weighted by Gasteiger charge is -2.08. The van der Waals surface area contributed by atoms with E-state index >= 15 is 0 Å². The molecule has 2 rings (SSSR count). The summed E-state index contributed by atoms with van der Waals surface area (Å²) < 4.78 is 0. The lowest BCUT2D eigenvalue weighted by molar-refractivity contribution is 0.719. The molecule has 0 bridgehead atoms. The van der Waals surface area contributed by atoms with Crippen LogP contribution in [0.25, 0.3) is 11.4 Å². The Morgan fingerprint density at radius 2 is 1.74 bits per heavy atom. The van der Waals surface area contributed by atoms with Crippen LogP contribution < -0.4 is 5.73 Å². The van der Waals surface area contributed by atoms with E-state index in [1.165, 1.54) is 0 Å². The molecule has 2 aromatic rings. The number of aryl methyl sites for hydroxylation is 1. The van der Waals surface area contributed by atoms with E-state index in [9.17, 15) is 0 Å². The number of halogens is 2. The van der Waals surface area contributed by atoms with Crippen molar-refractivity contribution in [3.63, 3.8) is 0 Å². The van der Waals surface area contributed by atoms with E-state index in [1.54, 1.807) is 18.2 Å². The van der Waals surface area contributed by atoms with Crippen molar-refractivity contribution in [1.82, 2.24) is 9.97 Å². The number of nitrogens with zero attached hydrogens (tertiary/aromatic N) is 2. The second kappa shape index (κ2) is 5.87. The second-order valence-electron chi connectivity index (χ2n) is 4.66. The monoisotopic (exact) mass is 295 g/mol. The number of hydrogen-bond donors (Lipinski definition) is 1. The van der Waals surface area contributed by atoms with E-state index in [4.69, 9.17) is 28.9 Å². The minimum absolute atomic E-state index is 0.0603. The van der Waals surface area contributed by atoms with Gasteiger partial charge in [-0.2, -0.15) is 0 Å². The molecule has 0 spiro atoms. The zero-order valence-corrected chi connectivity index (χ0v) is 12.3. The Labute approximate surface area is 122 Å². The van der Waals surface area contributed by atoms with Crippen LogP contribution in [0.15, 0.2) is 24.3 Å². The Bertz CT molecular complexity index is 577. The molecule has 0 fully saturated rings. The number of aromatic nitrogens is 2. The van der Waals surface area contributed by atoms with Crippen LogP contribution in [0.3, 0.4) is 0 Å². The molecule has 1 heterocycles. The molecule has 100 valence electrons. The van der Waals surface area contributed by atoms with E-state index in [0.29, 0.717) is 22.3 Å². The highest BCUT2D eigenvalue weighted by molar-refractivity contribution is 6.35. The number of nitrogens with two attached hydrogens (primary N) is 1. The van der Waals surface area contributed by atoms with E-state index in [1.807, 2.05) is 19.9 Å². The third-order valence-electron chi connectivity index (χ3n) is 2.56. The van der Waals surface area contributed by atoms with Crippen molar-refractivity contribution in [3.05, 3.63) is 45.7 Å². The zero-order chi connectivity index (χ0) is 14.0. The third kappa shape index (κ3) is 3.90. The van der Waals surface area contributed by atoms with Crippen molar-refractivity contribution in [2.24, 2.45) is 5.73 Å². The van der Waals surface area contributed by atoms with E-state index < -0.39 is 0 Å². The zero-order valence-electron chi connectivity index (χ0n) is 10.8. The molecule has 0 aliphatic carbocycles. The molecule has 3 nitrogen and oxygen atoms in total. The summed E-state index contributed by atoms with van der Waals surface area (Å²) >= 11 is 12.0. The molecule has 0 aliphatic heterocycles. The summed E-state index contributed by atoms with van der Waals surface area (Å²) in [6, 6.07) is 7.30. The summed E-state index contributed by atoms with van der Waals surface area (Å²) in [4.78, 5) is 8.94. The maximum absolute atomic E-state index is 6.00. The molecule has 0 saturated carbocycles. The summed E-state index contributed by atoms with van der Waals surface area (Å²) in [7, 11) is 0. The van der Waals surface area contributed by atoms with Crippen LogP contribution in [-0.4, -0.2) is 16.0 Å². The molecule has 0 aliphatic rings. The Balaban J connectivity index is 2.46. The van der Waals surface area contributed by atoms with Crippen molar-refractivity contribution >= 4 is 23.2 Å². The van der Waals surface area contributed by atoms with Gasteiger partial charge in [0, 0.05) is 39.5 Å². The fourth-order valence-corrected chi connectivity index (χ4v) is 2.41. The van der Waals surface area contributed by atoms with Gasteiger partial charge in [0.15, 0.2) is 5.82 Å². The molecular weight excluding hydrogens is 281 g/mol. The highest BCUT2D eigenvalue weighted by atomic mass is 35.5. The Morgan fingerprint density at radius 3 is 2.32 bits per heavy atom. The molecule has 1 unspecified atom stereocenters. The fraction of sp³-hybridized carbons (Fsp3) is 0.286. The molecule has 5 heteroatoms. The first-order valence-electron chi connectivity index (χ1n) is 6.00. The minimum atomic E-state index is 0.0603. The van der Waals surface area contributed by atoms with Crippen LogP contribution in [0.1, 0.15) is 18.3 Å². The van der Waals surface area contributed by atoms with Gasteiger partial charge < -0.3 is 5.73 Å². The Hall–Kier alpha value is -1.16. The number of rotatable bonds is 3. The van der Waals surface area contributed by atoms with Crippen LogP contribution in [0.4, 0.5) is 0 Å². The van der Waals surface area contributed by atoms with Gasteiger partial charge in [0.25, 0.3) is 0 Å². The van der Waals surface area contributed by atoms with E-state index in [2.05, 4.69) is 9.97 Å². The fourth-order valence-electron chi connectivity index (χ4n) is 1.88. The lowest BCUT2D eigenvalue weighted by Crippen LogP contribution is -2.19. The van der Waals surface area contributed by atoms with Gasteiger partial charge in [0.2, 0.25) is 0 Å². The lowest BCUT2D eigenvalue weighted by atomic mass is 10.1. The highest BCUT2D eigenvalue weighted by Gasteiger charge is 2.08.